The summed E-state index contributed by atoms with van der Waals surface area (Å²) in [6, 6.07) is 24.8. The lowest BCUT2D eigenvalue weighted by Gasteiger charge is -2.15. The smallest absolute Gasteiger partial charge is 0.00237 e. The molecule has 0 bridgehead atoms. The Labute approximate surface area is 127 Å². The van der Waals surface area contributed by atoms with Crippen LogP contribution in [0.1, 0.15) is 16.7 Å². The molecule has 1 radical (unpaired) electrons. The number of hydrogen-bond donors (Lipinski definition) is 0. The molecule has 0 unspecified atom stereocenters. The van der Waals surface area contributed by atoms with Gasteiger partial charge in [-0.05, 0) is 60.2 Å². The Balaban J connectivity index is 2.29. The Kier molecular flexibility index (Phi) is 3.62. The van der Waals surface area contributed by atoms with E-state index in [-0.39, 0.29) is 0 Å². The van der Waals surface area contributed by atoms with Crippen molar-refractivity contribution in [2.24, 2.45) is 0 Å². The Morgan fingerprint density at radius 2 is 1.57 bits per heavy atom. The van der Waals surface area contributed by atoms with Crippen molar-refractivity contribution in [1.29, 1.82) is 0 Å². The molecule has 0 heteroatoms. The minimum atomic E-state index is 1.19. The first-order valence-corrected chi connectivity index (χ1v) is 7.31. The van der Waals surface area contributed by atoms with Crippen LogP contribution in [0.25, 0.3) is 22.3 Å². The lowest BCUT2D eigenvalue weighted by atomic mass is 9.89. The van der Waals surface area contributed by atoms with Crippen molar-refractivity contribution in [2.75, 3.05) is 0 Å². The normalized spacial score (nSPS) is 10.6. The first kappa shape index (κ1) is 13.6. The molecule has 0 saturated heterocycles. The molecule has 0 saturated carbocycles. The Morgan fingerprint density at radius 1 is 0.762 bits per heavy atom. The van der Waals surface area contributed by atoms with Crippen LogP contribution in [-0.2, 0) is 0 Å². The highest BCUT2D eigenvalue weighted by molar-refractivity contribution is 5.86. The van der Waals surface area contributed by atoms with Gasteiger partial charge in [-0.3, -0.25) is 0 Å². The maximum Gasteiger partial charge on any atom is -0.00237 e. The average molecular weight is 271 g/mol. The van der Waals surface area contributed by atoms with Gasteiger partial charge >= 0.3 is 0 Å². The van der Waals surface area contributed by atoms with Crippen LogP contribution in [0.4, 0.5) is 0 Å². The van der Waals surface area contributed by atoms with E-state index in [1.54, 1.807) is 0 Å². The molecule has 0 aliphatic rings. The van der Waals surface area contributed by atoms with Crippen molar-refractivity contribution < 1.29 is 0 Å². The summed E-state index contributed by atoms with van der Waals surface area (Å²) in [6.45, 7) is 6.48. The molecule has 103 valence electrons. The second-order valence-corrected chi connectivity index (χ2v) is 5.60. The van der Waals surface area contributed by atoms with Crippen molar-refractivity contribution in [3.05, 3.63) is 83.4 Å². The molecule has 0 heterocycles. The Hall–Kier alpha value is -2.34. The molecule has 0 N–H and O–H groups in total. The largest absolute Gasteiger partial charge is 0.0620 e. The van der Waals surface area contributed by atoms with Crippen molar-refractivity contribution in [3.63, 3.8) is 0 Å². The molecule has 0 atom stereocenters. The third-order valence-electron chi connectivity index (χ3n) is 3.93. The van der Waals surface area contributed by atoms with E-state index in [0.29, 0.717) is 0 Å². The van der Waals surface area contributed by atoms with Crippen molar-refractivity contribution in [1.82, 2.24) is 0 Å². The number of hydrogen-bond acceptors (Lipinski definition) is 0. The van der Waals surface area contributed by atoms with E-state index < -0.39 is 0 Å². The van der Waals surface area contributed by atoms with Gasteiger partial charge in [0.25, 0.3) is 0 Å². The summed E-state index contributed by atoms with van der Waals surface area (Å²) in [5, 5.41) is 0. The predicted octanol–water partition coefficient (Wildman–Crippen LogP) is 5.75. The zero-order valence-electron chi connectivity index (χ0n) is 12.8. The predicted molar refractivity (Wildman–Crippen MR) is 90.4 cm³/mol. The Morgan fingerprint density at radius 3 is 2.33 bits per heavy atom. The van der Waals surface area contributed by atoms with Crippen LogP contribution in [0.15, 0.2) is 60.7 Å². The first-order valence-electron chi connectivity index (χ1n) is 7.31. The van der Waals surface area contributed by atoms with Crippen LogP contribution in [0.3, 0.4) is 0 Å². The fourth-order valence-corrected chi connectivity index (χ4v) is 2.83. The molecule has 21 heavy (non-hydrogen) atoms. The standard InChI is InChI=1S/C21H19/c1-15-8-6-11-18(14-15)20-13-7-10-17(3)21(20)19-12-5-4-9-16(19)2/h4-12,14H,1-3H3. The fraction of sp³-hybridized carbons (Fsp3) is 0.143. The van der Waals surface area contributed by atoms with E-state index in [1.165, 1.54) is 38.9 Å². The summed E-state index contributed by atoms with van der Waals surface area (Å²) in [5.41, 5.74) is 8.88. The van der Waals surface area contributed by atoms with Gasteiger partial charge in [0.15, 0.2) is 0 Å². The van der Waals surface area contributed by atoms with E-state index in [0.717, 1.165) is 0 Å². The van der Waals surface area contributed by atoms with Crippen molar-refractivity contribution in [3.8, 4) is 22.3 Å². The number of rotatable bonds is 2. The number of benzene rings is 3. The minimum absolute atomic E-state index is 1.19. The molecule has 0 spiro atoms. The molecular weight excluding hydrogens is 252 g/mol. The maximum absolute atomic E-state index is 3.45. The summed E-state index contributed by atoms with van der Waals surface area (Å²) < 4.78 is 0. The summed E-state index contributed by atoms with van der Waals surface area (Å²) >= 11 is 0. The molecule has 0 amide bonds. The molecule has 0 fully saturated rings. The van der Waals surface area contributed by atoms with E-state index in [4.69, 9.17) is 0 Å². The van der Waals surface area contributed by atoms with Gasteiger partial charge in [0.2, 0.25) is 0 Å². The highest BCUT2D eigenvalue weighted by Crippen LogP contribution is 2.36. The van der Waals surface area contributed by atoms with Crippen LogP contribution >= 0.6 is 0 Å². The summed E-state index contributed by atoms with van der Waals surface area (Å²) in [7, 11) is 0. The SMILES string of the molecule is Cc1cccc(-c2[c]ccc(C)c2-c2ccccc2C)c1. The van der Waals surface area contributed by atoms with Gasteiger partial charge in [-0.1, -0.05) is 66.2 Å². The lowest BCUT2D eigenvalue weighted by molar-refractivity contribution is 1.39. The van der Waals surface area contributed by atoms with E-state index in [2.05, 4.69) is 81.4 Å². The molecule has 3 rings (SSSR count). The van der Waals surface area contributed by atoms with E-state index >= 15 is 0 Å². The maximum atomic E-state index is 3.45. The fourth-order valence-electron chi connectivity index (χ4n) is 2.83. The van der Waals surface area contributed by atoms with Gasteiger partial charge in [0, 0.05) is 0 Å². The van der Waals surface area contributed by atoms with Gasteiger partial charge < -0.3 is 0 Å². The summed E-state index contributed by atoms with van der Waals surface area (Å²) in [6.07, 6.45) is 0. The first-order chi connectivity index (χ1) is 10.2. The van der Waals surface area contributed by atoms with Crippen LogP contribution < -0.4 is 0 Å². The number of aryl methyl sites for hydroxylation is 3. The van der Waals surface area contributed by atoms with Gasteiger partial charge in [0.1, 0.15) is 0 Å². The molecule has 0 aliphatic heterocycles. The molecule has 3 aromatic rings. The van der Waals surface area contributed by atoms with Crippen molar-refractivity contribution >= 4 is 0 Å². The zero-order chi connectivity index (χ0) is 14.8. The molecule has 0 aliphatic carbocycles. The van der Waals surface area contributed by atoms with Crippen LogP contribution in [0.2, 0.25) is 0 Å². The highest BCUT2D eigenvalue weighted by Gasteiger charge is 2.12. The van der Waals surface area contributed by atoms with E-state index in [1.807, 2.05) is 6.07 Å². The molecule has 0 nitrogen and oxygen atoms in total. The molecular formula is C21H19. The summed E-state index contributed by atoms with van der Waals surface area (Å²) in [5.74, 6) is 0. The highest BCUT2D eigenvalue weighted by atomic mass is 14.2. The minimum Gasteiger partial charge on any atom is -0.0620 e. The second-order valence-electron chi connectivity index (χ2n) is 5.60. The quantitative estimate of drug-likeness (QED) is 0.557. The molecule has 0 aromatic heterocycles. The van der Waals surface area contributed by atoms with Crippen LogP contribution in [-0.4, -0.2) is 0 Å². The van der Waals surface area contributed by atoms with Crippen LogP contribution in [0, 0.1) is 26.8 Å². The third kappa shape index (κ3) is 2.62. The second kappa shape index (κ2) is 5.57. The van der Waals surface area contributed by atoms with Crippen molar-refractivity contribution in [2.45, 2.75) is 20.8 Å². The molecule has 3 aromatic carbocycles. The monoisotopic (exact) mass is 271 g/mol. The van der Waals surface area contributed by atoms with Gasteiger partial charge in [-0.25, -0.2) is 0 Å². The average Bonchev–Trinajstić information content (AvgIpc) is 2.48. The summed E-state index contributed by atoms with van der Waals surface area (Å²) in [4.78, 5) is 0. The van der Waals surface area contributed by atoms with Gasteiger partial charge in [-0.2, -0.15) is 0 Å². The van der Waals surface area contributed by atoms with Gasteiger partial charge in [0.05, 0.1) is 0 Å². The Bertz CT molecular complexity index is 782. The third-order valence-corrected chi connectivity index (χ3v) is 3.93. The zero-order valence-corrected chi connectivity index (χ0v) is 12.8. The van der Waals surface area contributed by atoms with E-state index in [9.17, 15) is 0 Å². The lowest BCUT2D eigenvalue weighted by Crippen LogP contribution is -1.92. The van der Waals surface area contributed by atoms with Crippen LogP contribution in [0.5, 0.6) is 0 Å². The van der Waals surface area contributed by atoms with Gasteiger partial charge in [-0.15, -0.1) is 0 Å². The topological polar surface area (TPSA) is 0 Å².